The maximum atomic E-state index is 13.5. The van der Waals surface area contributed by atoms with Gasteiger partial charge >= 0.3 is 0 Å². The number of H-pyrrole nitrogens is 1. The third kappa shape index (κ3) is 5.38. The summed E-state index contributed by atoms with van der Waals surface area (Å²) in [6, 6.07) is 16.2. The van der Waals surface area contributed by atoms with Crippen molar-refractivity contribution in [2.75, 3.05) is 20.2 Å². The van der Waals surface area contributed by atoms with E-state index in [0.29, 0.717) is 13.1 Å². The van der Waals surface area contributed by atoms with Crippen molar-refractivity contribution in [2.45, 2.75) is 45.7 Å². The molecule has 0 bridgehead atoms. The van der Waals surface area contributed by atoms with Crippen molar-refractivity contribution in [3.8, 4) is 5.75 Å². The van der Waals surface area contributed by atoms with Gasteiger partial charge in [-0.15, -0.1) is 0 Å². The molecule has 1 saturated carbocycles. The zero-order valence-electron chi connectivity index (χ0n) is 19.7. The molecule has 0 spiro atoms. The van der Waals surface area contributed by atoms with Gasteiger partial charge in [-0.1, -0.05) is 50.2 Å². The number of hydrogen-bond acceptors (Lipinski definition) is 3. The minimum absolute atomic E-state index is 0.0263. The number of nitrogens with zero attached hydrogens (tertiary/aromatic N) is 2. The number of fused-ring (bicyclic) bond motifs is 1. The summed E-state index contributed by atoms with van der Waals surface area (Å²) in [6.45, 7) is 4.93. The molecular weight excluding hydrogens is 414 g/mol. The Morgan fingerprint density at radius 3 is 2.52 bits per heavy atom. The van der Waals surface area contributed by atoms with Crippen LogP contribution >= 0.6 is 0 Å². The summed E-state index contributed by atoms with van der Waals surface area (Å²) >= 11 is 0. The third-order valence-corrected chi connectivity index (χ3v) is 6.30. The van der Waals surface area contributed by atoms with Gasteiger partial charge in [0, 0.05) is 47.7 Å². The first-order chi connectivity index (χ1) is 16.0. The monoisotopic (exact) mass is 447 g/mol. The molecule has 3 aromatic rings. The number of benzene rings is 2. The highest BCUT2D eigenvalue weighted by atomic mass is 16.5. The van der Waals surface area contributed by atoms with Crippen LogP contribution in [0, 0.1) is 5.92 Å². The lowest BCUT2D eigenvalue weighted by molar-refractivity contribution is -0.143. The Morgan fingerprint density at radius 1 is 1.06 bits per heavy atom. The Kier molecular flexibility index (Phi) is 7.02. The predicted molar refractivity (Wildman–Crippen MR) is 130 cm³/mol. The van der Waals surface area contributed by atoms with Crippen LogP contribution in [-0.2, 0) is 22.6 Å². The summed E-state index contributed by atoms with van der Waals surface area (Å²) in [6.07, 6.45) is 4.71. The van der Waals surface area contributed by atoms with Gasteiger partial charge in [-0.25, -0.2) is 0 Å². The Hall–Kier alpha value is -3.28. The number of methoxy groups -OCH3 is 1. The van der Waals surface area contributed by atoms with Gasteiger partial charge < -0.3 is 19.5 Å². The average Bonchev–Trinajstić information content (AvgIpc) is 3.59. The van der Waals surface area contributed by atoms with E-state index in [1.807, 2.05) is 61.3 Å². The lowest BCUT2D eigenvalue weighted by Gasteiger charge is -2.29. The number of para-hydroxylation sites is 2. The minimum atomic E-state index is -0.118. The van der Waals surface area contributed by atoms with Gasteiger partial charge in [0.05, 0.1) is 7.11 Å². The van der Waals surface area contributed by atoms with Crippen molar-refractivity contribution in [1.82, 2.24) is 14.8 Å². The van der Waals surface area contributed by atoms with E-state index in [-0.39, 0.29) is 30.3 Å². The highest BCUT2D eigenvalue weighted by molar-refractivity contribution is 5.86. The van der Waals surface area contributed by atoms with Crippen LogP contribution in [0.1, 0.15) is 37.8 Å². The lowest BCUT2D eigenvalue weighted by atomic mass is 10.1. The maximum absolute atomic E-state index is 13.5. The molecule has 6 heteroatoms. The molecule has 0 unspecified atom stereocenters. The maximum Gasteiger partial charge on any atom is 0.242 e. The zero-order chi connectivity index (χ0) is 23.4. The minimum Gasteiger partial charge on any atom is -0.496 e. The van der Waals surface area contributed by atoms with Gasteiger partial charge in [0.1, 0.15) is 12.3 Å². The molecule has 1 fully saturated rings. The molecule has 2 amide bonds. The number of aromatic nitrogens is 1. The second-order valence-electron chi connectivity index (χ2n) is 9.09. The summed E-state index contributed by atoms with van der Waals surface area (Å²) in [5.74, 6) is 0.674. The molecule has 1 aliphatic carbocycles. The number of hydrogen-bond donors (Lipinski definition) is 1. The van der Waals surface area contributed by atoms with Crippen LogP contribution in [-0.4, -0.2) is 52.8 Å². The lowest BCUT2D eigenvalue weighted by Crippen LogP contribution is -2.45. The van der Waals surface area contributed by atoms with E-state index in [4.69, 9.17) is 4.74 Å². The van der Waals surface area contributed by atoms with E-state index in [9.17, 15) is 9.59 Å². The quantitative estimate of drug-likeness (QED) is 0.501. The van der Waals surface area contributed by atoms with Crippen LogP contribution in [0.25, 0.3) is 10.9 Å². The van der Waals surface area contributed by atoms with Crippen molar-refractivity contribution >= 4 is 22.7 Å². The van der Waals surface area contributed by atoms with Crippen LogP contribution < -0.4 is 4.74 Å². The highest BCUT2D eigenvalue weighted by Crippen LogP contribution is 2.28. The fraction of sp³-hybridized carbons (Fsp3) is 0.407. The van der Waals surface area contributed by atoms with Crippen molar-refractivity contribution < 1.29 is 14.3 Å². The number of amides is 2. The van der Waals surface area contributed by atoms with Gasteiger partial charge in [0.25, 0.3) is 0 Å². The third-order valence-electron chi connectivity index (χ3n) is 6.30. The van der Waals surface area contributed by atoms with Gasteiger partial charge in [-0.3, -0.25) is 9.59 Å². The summed E-state index contributed by atoms with van der Waals surface area (Å²) in [5, 5.41) is 1.18. The zero-order valence-corrected chi connectivity index (χ0v) is 19.7. The molecule has 0 saturated heterocycles. The molecule has 4 rings (SSSR count). The predicted octanol–water partition coefficient (Wildman–Crippen LogP) is 4.39. The molecule has 1 N–H and O–H groups in total. The van der Waals surface area contributed by atoms with Crippen LogP contribution in [0.3, 0.4) is 0 Å². The first kappa shape index (κ1) is 22.9. The van der Waals surface area contributed by atoms with Gasteiger partial charge in [0.2, 0.25) is 11.8 Å². The second kappa shape index (κ2) is 10.1. The Morgan fingerprint density at radius 2 is 1.79 bits per heavy atom. The Balaban J connectivity index is 1.54. The number of nitrogens with one attached hydrogen (secondary N) is 1. The van der Waals surface area contributed by atoms with Gasteiger partial charge in [-0.05, 0) is 37.0 Å². The summed E-state index contributed by atoms with van der Waals surface area (Å²) in [5.41, 5.74) is 3.23. The van der Waals surface area contributed by atoms with Crippen LogP contribution in [0.15, 0.2) is 54.7 Å². The summed E-state index contributed by atoms with van der Waals surface area (Å²) < 4.78 is 5.53. The van der Waals surface area contributed by atoms with E-state index >= 15 is 0 Å². The van der Waals surface area contributed by atoms with Crippen LogP contribution in [0.2, 0.25) is 0 Å². The molecular formula is C27H33N3O3. The SMILES string of the molecule is COc1ccccc1CN(CCc1c[nH]c2ccccc12)C(=O)CN(C(=O)C(C)C)C1CC1. The fourth-order valence-electron chi connectivity index (χ4n) is 4.28. The van der Waals surface area contributed by atoms with Crippen LogP contribution in [0.5, 0.6) is 5.75 Å². The molecule has 174 valence electrons. The summed E-state index contributed by atoms with van der Waals surface area (Å²) in [7, 11) is 1.65. The average molecular weight is 448 g/mol. The van der Waals surface area contributed by atoms with Crippen molar-refractivity contribution in [3.63, 3.8) is 0 Å². The van der Waals surface area contributed by atoms with E-state index in [0.717, 1.165) is 36.1 Å². The molecule has 33 heavy (non-hydrogen) atoms. The molecule has 1 aliphatic rings. The van der Waals surface area contributed by atoms with E-state index in [2.05, 4.69) is 17.1 Å². The highest BCUT2D eigenvalue weighted by Gasteiger charge is 2.35. The van der Waals surface area contributed by atoms with E-state index in [1.165, 1.54) is 10.9 Å². The first-order valence-corrected chi connectivity index (χ1v) is 11.7. The molecule has 0 aliphatic heterocycles. The van der Waals surface area contributed by atoms with Crippen molar-refractivity contribution in [1.29, 1.82) is 0 Å². The van der Waals surface area contributed by atoms with Gasteiger partial charge in [0.15, 0.2) is 0 Å². The molecule has 0 radical (unpaired) electrons. The molecule has 6 nitrogen and oxygen atoms in total. The van der Waals surface area contributed by atoms with Crippen LogP contribution in [0.4, 0.5) is 0 Å². The van der Waals surface area contributed by atoms with Crippen molar-refractivity contribution in [2.24, 2.45) is 5.92 Å². The fourth-order valence-corrected chi connectivity index (χ4v) is 4.28. The first-order valence-electron chi connectivity index (χ1n) is 11.7. The number of rotatable bonds is 10. The Labute approximate surface area is 195 Å². The summed E-state index contributed by atoms with van der Waals surface area (Å²) in [4.78, 5) is 33.3. The molecule has 0 atom stereocenters. The topological polar surface area (TPSA) is 65.6 Å². The second-order valence-corrected chi connectivity index (χ2v) is 9.09. The number of carbonyl (C=O) groups is 2. The molecule has 1 heterocycles. The largest absolute Gasteiger partial charge is 0.496 e. The number of ether oxygens (including phenoxy) is 1. The molecule has 1 aromatic heterocycles. The normalized spacial score (nSPS) is 13.3. The molecule has 2 aromatic carbocycles. The smallest absolute Gasteiger partial charge is 0.242 e. The standard InChI is InChI=1S/C27H33N3O3/c1-19(2)27(32)30(22-12-13-22)18-26(31)29(17-21-8-4-7-11-25(21)33-3)15-14-20-16-28-24-10-6-5-9-23(20)24/h4-11,16,19,22,28H,12-15,17-18H2,1-3H3. The van der Waals surface area contributed by atoms with E-state index in [1.54, 1.807) is 12.0 Å². The number of carbonyl (C=O) groups excluding carboxylic acids is 2. The Bertz CT molecular complexity index is 1120. The van der Waals surface area contributed by atoms with Crippen molar-refractivity contribution in [3.05, 3.63) is 65.9 Å². The number of aromatic amines is 1. The van der Waals surface area contributed by atoms with E-state index < -0.39 is 0 Å². The van der Waals surface area contributed by atoms with Gasteiger partial charge in [-0.2, -0.15) is 0 Å².